The van der Waals surface area contributed by atoms with Crippen LogP contribution in [-0.4, -0.2) is 86.1 Å². The van der Waals surface area contributed by atoms with Crippen molar-refractivity contribution in [3.63, 3.8) is 0 Å². The van der Waals surface area contributed by atoms with Gasteiger partial charge in [-0.3, -0.25) is 9.69 Å². The first-order valence-electron chi connectivity index (χ1n) is 7.74. The number of carbonyl (C=O) groups excluding carboxylic acids is 1. The number of likely N-dealkylation sites (N-methyl/N-ethyl adjacent to an activating group) is 1. The molecule has 6 heteroatoms. The average molecular weight is 300 g/mol. The number of hydrogen-bond donors (Lipinski definition) is 2. The van der Waals surface area contributed by atoms with Gasteiger partial charge in [-0.1, -0.05) is 0 Å². The monoisotopic (exact) mass is 300 g/mol. The Kier molecular flexibility index (Phi) is 7.13. The second kappa shape index (κ2) is 8.87. The average Bonchev–Trinajstić information content (AvgIpc) is 2.48. The normalized spacial score (nSPS) is 22.9. The Morgan fingerprint density at radius 2 is 1.95 bits per heavy atom. The summed E-state index contributed by atoms with van der Waals surface area (Å²) in [5.74, 6) is 0.815. The number of rotatable bonds is 6. The van der Waals surface area contributed by atoms with Crippen LogP contribution in [0.2, 0.25) is 0 Å². The Morgan fingerprint density at radius 1 is 1.25 bits per heavy atom. The summed E-state index contributed by atoms with van der Waals surface area (Å²) in [4.78, 5) is 16.6. The lowest BCUT2D eigenvalue weighted by Crippen LogP contribution is -2.47. The third-order valence-electron chi connectivity index (χ3n) is 4.08. The summed E-state index contributed by atoms with van der Waals surface area (Å²) in [6.45, 7) is 8.49. The molecule has 2 aliphatic heterocycles. The van der Waals surface area contributed by atoms with Crippen molar-refractivity contribution in [2.45, 2.75) is 18.1 Å². The molecule has 2 N–H and O–H groups in total. The highest BCUT2D eigenvalue weighted by atomic mass is 32.2. The molecule has 1 amide bonds. The zero-order valence-corrected chi connectivity index (χ0v) is 13.4. The van der Waals surface area contributed by atoms with Gasteiger partial charge in [0.2, 0.25) is 5.91 Å². The standard InChI is InChI=1S/C14H28N4OS/c1-17-8-10-18(11-9-17)7-6-16-14(19)12-20-13-2-4-15-5-3-13/h13,15H,2-12H2,1H3,(H,16,19). The summed E-state index contributed by atoms with van der Waals surface area (Å²) in [7, 11) is 2.16. The van der Waals surface area contributed by atoms with E-state index in [1.807, 2.05) is 11.8 Å². The SMILES string of the molecule is CN1CCN(CCNC(=O)CSC2CCNCC2)CC1. The summed E-state index contributed by atoms with van der Waals surface area (Å²) >= 11 is 1.82. The predicted molar refractivity (Wildman–Crippen MR) is 85.3 cm³/mol. The van der Waals surface area contributed by atoms with E-state index in [-0.39, 0.29) is 5.91 Å². The van der Waals surface area contributed by atoms with Gasteiger partial charge in [0.05, 0.1) is 5.75 Å². The number of nitrogens with zero attached hydrogens (tertiary/aromatic N) is 2. The van der Waals surface area contributed by atoms with Crippen LogP contribution in [0, 0.1) is 0 Å². The third kappa shape index (κ3) is 5.99. The Balaban J connectivity index is 1.49. The van der Waals surface area contributed by atoms with E-state index in [4.69, 9.17) is 0 Å². The van der Waals surface area contributed by atoms with Gasteiger partial charge in [0.25, 0.3) is 0 Å². The summed E-state index contributed by atoms with van der Waals surface area (Å²) in [5, 5.41) is 7.07. The fourth-order valence-corrected chi connectivity index (χ4v) is 3.69. The molecule has 0 aromatic rings. The molecule has 2 heterocycles. The number of amides is 1. The molecule has 116 valence electrons. The first-order valence-corrected chi connectivity index (χ1v) is 8.79. The molecule has 0 atom stereocenters. The van der Waals surface area contributed by atoms with Crippen molar-refractivity contribution in [1.82, 2.24) is 20.4 Å². The molecule has 0 spiro atoms. The van der Waals surface area contributed by atoms with Crippen LogP contribution in [-0.2, 0) is 4.79 Å². The molecule has 2 fully saturated rings. The minimum Gasteiger partial charge on any atom is -0.354 e. The van der Waals surface area contributed by atoms with Gasteiger partial charge >= 0.3 is 0 Å². The van der Waals surface area contributed by atoms with Gasteiger partial charge in [0, 0.05) is 44.5 Å². The molecule has 5 nitrogen and oxygen atoms in total. The lowest BCUT2D eigenvalue weighted by molar-refractivity contribution is -0.118. The Morgan fingerprint density at radius 3 is 2.65 bits per heavy atom. The molecule has 20 heavy (non-hydrogen) atoms. The smallest absolute Gasteiger partial charge is 0.230 e. The van der Waals surface area contributed by atoms with Crippen LogP contribution in [0.15, 0.2) is 0 Å². The zero-order valence-electron chi connectivity index (χ0n) is 12.6. The fraction of sp³-hybridized carbons (Fsp3) is 0.929. The topological polar surface area (TPSA) is 47.6 Å². The first kappa shape index (κ1) is 16.1. The number of hydrogen-bond acceptors (Lipinski definition) is 5. The van der Waals surface area contributed by atoms with Crippen molar-refractivity contribution in [1.29, 1.82) is 0 Å². The van der Waals surface area contributed by atoms with E-state index in [1.54, 1.807) is 0 Å². The molecule has 0 aliphatic carbocycles. The molecule has 0 aromatic heterocycles. The largest absolute Gasteiger partial charge is 0.354 e. The van der Waals surface area contributed by atoms with Crippen molar-refractivity contribution in [2.24, 2.45) is 0 Å². The van der Waals surface area contributed by atoms with Crippen molar-refractivity contribution in [3.8, 4) is 0 Å². The van der Waals surface area contributed by atoms with Gasteiger partial charge in [-0.05, 0) is 33.0 Å². The van der Waals surface area contributed by atoms with Crippen LogP contribution in [0.25, 0.3) is 0 Å². The Hall–Kier alpha value is -0.300. The fourth-order valence-electron chi connectivity index (χ4n) is 2.63. The van der Waals surface area contributed by atoms with Gasteiger partial charge in [-0.15, -0.1) is 11.8 Å². The van der Waals surface area contributed by atoms with Crippen LogP contribution >= 0.6 is 11.8 Å². The molecule has 2 rings (SSSR count). The van der Waals surface area contributed by atoms with E-state index in [0.717, 1.165) is 52.4 Å². The van der Waals surface area contributed by atoms with Gasteiger partial charge in [-0.2, -0.15) is 0 Å². The first-order chi connectivity index (χ1) is 9.74. The molecule has 0 radical (unpaired) electrons. The van der Waals surface area contributed by atoms with Crippen LogP contribution in [0.3, 0.4) is 0 Å². The molecule has 0 bridgehead atoms. The number of thioether (sulfide) groups is 1. The van der Waals surface area contributed by atoms with Crippen molar-refractivity contribution < 1.29 is 4.79 Å². The highest BCUT2D eigenvalue weighted by Crippen LogP contribution is 2.19. The van der Waals surface area contributed by atoms with Gasteiger partial charge in [-0.25, -0.2) is 0 Å². The second-order valence-electron chi connectivity index (χ2n) is 5.76. The highest BCUT2D eigenvalue weighted by Gasteiger charge is 2.16. The molecular weight excluding hydrogens is 272 g/mol. The Bertz CT molecular complexity index is 289. The second-order valence-corrected chi connectivity index (χ2v) is 7.04. The van der Waals surface area contributed by atoms with Crippen molar-refractivity contribution in [2.75, 3.05) is 65.2 Å². The Labute approximate surface area is 126 Å². The van der Waals surface area contributed by atoms with Gasteiger partial charge in [0.1, 0.15) is 0 Å². The molecular formula is C14H28N4OS. The minimum atomic E-state index is 0.197. The molecule has 0 unspecified atom stereocenters. The number of piperidine rings is 1. The minimum absolute atomic E-state index is 0.197. The maximum Gasteiger partial charge on any atom is 0.230 e. The quantitative estimate of drug-likeness (QED) is 0.713. The van der Waals surface area contributed by atoms with Crippen molar-refractivity contribution in [3.05, 3.63) is 0 Å². The summed E-state index contributed by atoms with van der Waals surface area (Å²) < 4.78 is 0. The lowest BCUT2D eigenvalue weighted by atomic mass is 10.2. The molecule has 0 saturated carbocycles. The number of nitrogens with one attached hydrogen (secondary N) is 2. The molecule has 2 aliphatic rings. The number of piperazine rings is 1. The summed E-state index contributed by atoms with van der Waals surface area (Å²) in [5.41, 5.74) is 0. The van der Waals surface area contributed by atoms with Crippen LogP contribution in [0.4, 0.5) is 0 Å². The van der Waals surface area contributed by atoms with Crippen LogP contribution in [0.1, 0.15) is 12.8 Å². The van der Waals surface area contributed by atoms with E-state index in [0.29, 0.717) is 11.0 Å². The third-order valence-corrected chi connectivity index (χ3v) is 5.45. The molecule has 2 saturated heterocycles. The van der Waals surface area contributed by atoms with E-state index < -0.39 is 0 Å². The van der Waals surface area contributed by atoms with Crippen LogP contribution < -0.4 is 10.6 Å². The maximum atomic E-state index is 11.8. The predicted octanol–water partition coefficient (Wildman–Crippen LogP) is -0.165. The van der Waals surface area contributed by atoms with E-state index in [1.165, 1.54) is 12.8 Å². The van der Waals surface area contributed by atoms with E-state index in [9.17, 15) is 4.79 Å². The van der Waals surface area contributed by atoms with Crippen LogP contribution in [0.5, 0.6) is 0 Å². The lowest BCUT2D eigenvalue weighted by Gasteiger charge is -2.32. The highest BCUT2D eigenvalue weighted by molar-refractivity contribution is 8.00. The van der Waals surface area contributed by atoms with Gasteiger partial charge in [0.15, 0.2) is 0 Å². The van der Waals surface area contributed by atoms with Gasteiger partial charge < -0.3 is 15.5 Å². The summed E-state index contributed by atoms with van der Waals surface area (Å²) in [6.07, 6.45) is 2.39. The summed E-state index contributed by atoms with van der Waals surface area (Å²) in [6, 6.07) is 0. The zero-order chi connectivity index (χ0) is 14.2. The molecule has 0 aromatic carbocycles. The number of carbonyl (C=O) groups is 1. The van der Waals surface area contributed by atoms with E-state index >= 15 is 0 Å². The van der Waals surface area contributed by atoms with E-state index in [2.05, 4.69) is 27.5 Å². The maximum absolute atomic E-state index is 11.8. The van der Waals surface area contributed by atoms with Crippen molar-refractivity contribution >= 4 is 17.7 Å².